The third-order valence-corrected chi connectivity index (χ3v) is 12.1. The topological polar surface area (TPSA) is 202 Å². The number of nitrogens with one attached hydrogen (secondary N) is 1. The van der Waals surface area contributed by atoms with Gasteiger partial charge in [-0.05, 0) is 46.5 Å². The van der Waals surface area contributed by atoms with Crippen LogP contribution in [0.3, 0.4) is 0 Å². The molecule has 2 aliphatic rings. The number of thiocarbonyl (C=S) groups is 1. The first kappa shape index (κ1) is 48.8. The molecule has 4 aromatic carbocycles. The molecule has 0 aromatic heterocycles. The molecule has 0 radical (unpaired) electrons. The molecular weight excluding hydrogens is 879 g/mol. The quantitative estimate of drug-likeness (QED) is 0.0445. The summed E-state index contributed by atoms with van der Waals surface area (Å²) < 4.78 is 41.7. The van der Waals surface area contributed by atoms with E-state index in [4.69, 9.17) is 45.4 Å². The number of carbonyl (C=O) groups is 5. The Morgan fingerprint density at radius 2 is 1.23 bits per heavy atom. The summed E-state index contributed by atoms with van der Waals surface area (Å²) in [4.78, 5) is 61.1. The number of rotatable bonds is 17. The number of carboxylic acid groups (broad SMARTS) is 1. The van der Waals surface area contributed by atoms with Crippen molar-refractivity contribution >= 4 is 58.8 Å². The number of ether oxygens (including phenoxy) is 7. The lowest BCUT2D eigenvalue weighted by Gasteiger charge is -2.44. The van der Waals surface area contributed by atoms with E-state index in [1.54, 1.807) is 36.0 Å². The maximum absolute atomic E-state index is 12.3. The fourth-order valence-electron chi connectivity index (χ4n) is 7.75. The van der Waals surface area contributed by atoms with Crippen LogP contribution in [0.2, 0.25) is 0 Å². The molecule has 17 heteroatoms. The van der Waals surface area contributed by atoms with Gasteiger partial charge in [-0.3, -0.25) is 19.2 Å². The van der Waals surface area contributed by atoms with E-state index < -0.39 is 72.8 Å². The maximum atomic E-state index is 12.3. The summed E-state index contributed by atoms with van der Waals surface area (Å²) in [5, 5.41) is 22.4. The van der Waals surface area contributed by atoms with E-state index >= 15 is 0 Å². The number of hydrogen-bond acceptors (Lipinski definition) is 15. The highest BCUT2D eigenvalue weighted by Gasteiger charge is 2.52. The van der Waals surface area contributed by atoms with Gasteiger partial charge in [-0.25, -0.2) is 4.79 Å². The van der Waals surface area contributed by atoms with Gasteiger partial charge in [0.1, 0.15) is 18.8 Å². The number of aromatic carboxylic acids is 1. The minimum atomic E-state index is -1.30. The summed E-state index contributed by atoms with van der Waals surface area (Å²) in [5.41, 5.74) is 4.52. The van der Waals surface area contributed by atoms with Gasteiger partial charge in [-0.15, -0.1) is 11.8 Å². The zero-order valence-electron chi connectivity index (χ0n) is 36.2. The summed E-state index contributed by atoms with van der Waals surface area (Å²) >= 11 is 7.28. The number of carbonyl (C=O) groups excluding carboxylic acids is 4. The van der Waals surface area contributed by atoms with Crippen LogP contribution < -0.4 is 5.32 Å². The monoisotopic (exact) mass is 929 g/mol. The van der Waals surface area contributed by atoms with E-state index in [0.717, 1.165) is 46.6 Å². The third kappa shape index (κ3) is 13.4. The molecule has 2 saturated heterocycles. The van der Waals surface area contributed by atoms with Crippen LogP contribution in [0.1, 0.15) is 90.6 Å². The van der Waals surface area contributed by atoms with Crippen LogP contribution in [0.4, 0.5) is 0 Å². The average Bonchev–Trinajstić information content (AvgIpc) is 3.28. The van der Waals surface area contributed by atoms with Gasteiger partial charge in [0.15, 0.2) is 24.6 Å². The minimum absolute atomic E-state index is 0.0113. The second kappa shape index (κ2) is 23.0. The van der Waals surface area contributed by atoms with Crippen LogP contribution in [-0.2, 0) is 65.5 Å². The van der Waals surface area contributed by atoms with Crippen LogP contribution in [0, 0.1) is 0 Å². The molecule has 0 aliphatic carbocycles. The third-order valence-electron chi connectivity index (χ3n) is 10.7. The van der Waals surface area contributed by atoms with Crippen molar-refractivity contribution < 1.29 is 67.3 Å². The van der Waals surface area contributed by atoms with E-state index in [9.17, 15) is 34.2 Å². The van der Waals surface area contributed by atoms with E-state index in [2.05, 4.69) is 17.4 Å². The summed E-state index contributed by atoms with van der Waals surface area (Å²) in [6, 6.07) is 32.1. The van der Waals surface area contributed by atoms with Crippen molar-refractivity contribution in [3.8, 4) is 0 Å². The van der Waals surface area contributed by atoms with Crippen LogP contribution in [-0.4, -0.2) is 94.0 Å². The van der Waals surface area contributed by atoms with E-state index in [0.29, 0.717) is 10.7 Å². The lowest BCUT2D eigenvalue weighted by Crippen LogP contribution is -2.62. The molecule has 9 atom stereocenters. The number of benzene rings is 4. The second-order valence-electron chi connectivity index (χ2n) is 15.5. The number of carboxylic acids is 1. The Bertz CT molecular complexity index is 2280. The molecule has 15 nitrogen and oxygen atoms in total. The Labute approximate surface area is 386 Å². The van der Waals surface area contributed by atoms with Crippen LogP contribution in [0.15, 0.2) is 108 Å². The standard InChI is InChI=1S/C48H51NO14S2/c1-27(51)57-25-39-45(59-29(3)53)46(60-30(4)54)44(58-28(2)52)38(61-39)22-41(64)49-23-31-10-16-36(17-11-31)48-62-40(26-65-37-20-18-35(19-21-37)47(55)56)42(33-8-6-5-7-9-33)43(63-48)34-14-12-32(24-50)13-15-34/h5-21,38-40,42-46,48,50H,22-26H2,1-4H3,(H,49,64)(H,55,56). The van der Waals surface area contributed by atoms with Crippen molar-refractivity contribution in [2.45, 2.75) is 107 Å². The van der Waals surface area contributed by atoms with Gasteiger partial charge in [-0.1, -0.05) is 91.1 Å². The first-order chi connectivity index (χ1) is 31.2. The summed E-state index contributed by atoms with van der Waals surface area (Å²) in [5.74, 6) is -3.48. The zero-order valence-corrected chi connectivity index (χ0v) is 37.8. The molecule has 6 rings (SSSR count). The van der Waals surface area contributed by atoms with Crippen molar-refractivity contribution in [2.75, 3.05) is 12.4 Å². The maximum Gasteiger partial charge on any atom is 0.335 e. The lowest BCUT2D eigenvalue weighted by atomic mass is 9.84. The summed E-state index contributed by atoms with van der Waals surface area (Å²) in [6.07, 6.45) is -7.49. The van der Waals surface area contributed by atoms with Crippen molar-refractivity contribution in [2.24, 2.45) is 0 Å². The Morgan fingerprint density at radius 1 is 0.646 bits per heavy atom. The number of aliphatic hydroxyl groups excluding tert-OH is 1. The van der Waals surface area contributed by atoms with Gasteiger partial charge in [0.25, 0.3) is 0 Å². The molecule has 9 unspecified atom stereocenters. The Balaban J connectivity index is 1.20. The predicted octanol–water partition coefficient (Wildman–Crippen LogP) is 6.54. The van der Waals surface area contributed by atoms with Gasteiger partial charge in [0.2, 0.25) is 0 Å². The van der Waals surface area contributed by atoms with Crippen molar-refractivity contribution in [3.63, 3.8) is 0 Å². The smallest absolute Gasteiger partial charge is 0.335 e. The average molecular weight is 930 g/mol. The molecular formula is C48H51NO14S2. The molecule has 65 heavy (non-hydrogen) atoms. The fraction of sp³-hybridized carbons (Fsp3) is 0.375. The van der Waals surface area contributed by atoms with Gasteiger partial charge >= 0.3 is 29.8 Å². The lowest BCUT2D eigenvalue weighted by molar-refractivity contribution is -0.255. The van der Waals surface area contributed by atoms with Crippen LogP contribution in [0.25, 0.3) is 0 Å². The number of aliphatic hydroxyl groups is 1. The van der Waals surface area contributed by atoms with Crippen molar-refractivity contribution in [1.82, 2.24) is 5.32 Å². The fourth-order valence-corrected chi connectivity index (χ4v) is 8.96. The first-order valence-electron chi connectivity index (χ1n) is 20.9. The highest BCUT2D eigenvalue weighted by molar-refractivity contribution is 7.99. The zero-order chi connectivity index (χ0) is 46.6. The molecule has 2 aliphatic heterocycles. The molecule has 344 valence electrons. The highest BCUT2D eigenvalue weighted by Crippen LogP contribution is 2.48. The van der Waals surface area contributed by atoms with Gasteiger partial charge in [0, 0.05) is 62.8 Å². The van der Waals surface area contributed by atoms with Crippen LogP contribution >= 0.6 is 24.0 Å². The molecule has 2 fully saturated rings. The Kier molecular flexibility index (Phi) is 17.2. The Morgan fingerprint density at radius 3 is 1.82 bits per heavy atom. The molecule has 3 N–H and O–H groups in total. The summed E-state index contributed by atoms with van der Waals surface area (Å²) in [6.45, 7) is 4.54. The largest absolute Gasteiger partial charge is 0.478 e. The van der Waals surface area contributed by atoms with Gasteiger partial charge in [-0.2, -0.15) is 0 Å². The predicted molar refractivity (Wildman–Crippen MR) is 240 cm³/mol. The SMILES string of the molecule is CC(=O)OCC1OC(CC(=S)NCc2ccc(C3OC(CSc4ccc(C(=O)O)cc4)C(c4ccccc4)C(c4ccc(CO)cc4)O3)cc2)C(OC(C)=O)C(OC(C)=O)C1OC(C)=O. The van der Waals surface area contributed by atoms with E-state index in [-0.39, 0.29) is 43.8 Å². The highest BCUT2D eigenvalue weighted by atomic mass is 32.2. The second-order valence-corrected chi connectivity index (χ2v) is 17.1. The van der Waals surface area contributed by atoms with Crippen molar-refractivity contribution in [1.29, 1.82) is 0 Å². The number of hydrogen-bond donors (Lipinski definition) is 3. The Hall–Kier alpha value is -5.69. The summed E-state index contributed by atoms with van der Waals surface area (Å²) in [7, 11) is 0. The molecule has 2 heterocycles. The number of esters is 4. The number of thioether (sulfide) groups is 1. The van der Waals surface area contributed by atoms with E-state index in [1.807, 2.05) is 66.7 Å². The first-order valence-corrected chi connectivity index (χ1v) is 22.3. The normalized spacial score (nSPS) is 23.9. The van der Waals surface area contributed by atoms with Crippen molar-refractivity contribution in [3.05, 3.63) is 137 Å². The van der Waals surface area contributed by atoms with Gasteiger partial charge < -0.3 is 48.7 Å². The molecule has 0 spiro atoms. The molecule has 0 amide bonds. The molecule has 4 aromatic rings. The van der Waals surface area contributed by atoms with Crippen LogP contribution in [0.5, 0.6) is 0 Å². The molecule has 0 saturated carbocycles. The molecule has 0 bridgehead atoms. The minimum Gasteiger partial charge on any atom is -0.478 e. The van der Waals surface area contributed by atoms with E-state index in [1.165, 1.54) is 13.8 Å². The van der Waals surface area contributed by atoms with Gasteiger partial charge in [0.05, 0.1) is 29.4 Å².